The second-order valence-electron chi connectivity index (χ2n) is 4.46. The lowest BCUT2D eigenvalue weighted by Gasteiger charge is -2.13. The largest absolute Gasteiger partial charge is 0.363 e. The Labute approximate surface area is 107 Å². The van der Waals surface area contributed by atoms with Crippen molar-refractivity contribution in [3.8, 4) is 0 Å². The number of rotatable bonds is 4. The smallest absolute Gasteiger partial charge is 0.130 e. The Morgan fingerprint density at radius 1 is 1.39 bits per heavy atom. The second-order valence-corrected chi connectivity index (χ2v) is 4.46. The molecule has 5 nitrogen and oxygen atoms in total. The van der Waals surface area contributed by atoms with Crippen LogP contribution in [0.25, 0.3) is 0 Å². The van der Waals surface area contributed by atoms with Gasteiger partial charge in [0.1, 0.15) is 11.6 Å². The first-order valence-electron chi connectivity index (χ1n) is 6.18. The van der Waals surface area contributed by atoms with Gasteiger partial charge in [0.25, 0.3) is 0 Å². The molecule has 0 aliphatic rings. The van der Waals surface area contributed by atoms with E-state index in [1.165, 1.54) is 0 Å². The lowest BCUT2D eigenvalue weighted by molar-refractivity contribution is 0.765. The van der Waals surface area contributed by atoms with Crippen LogP contribution in [-0.4, -0.2) is 19.7 Å². The molecular weight excluding hydrogens is 226 g/mol. The Kier molecular flexibility index (Phi) is 3.60. The number of nitrogens with one attached hydrogen (secondary N) is 1. The van der Waals surface area contributed by atoms with E-state index in [9.17, 15) is 0 Å². The fraction of sp³-hybridized carbons (Fsp3) is 0.462. The maximum atomic E-state index is 4.40. The van der Waals surface area contributed by atoms with Gasteiger partial charge in [-0.25, -0.2) is 9.97 Å². The molecule has 0 fully saturated rings. The molecule has 5 heteroatoms. The number of aryl methyl sites for hydroxylation is 3. The van der Waals surface area contributed by atoms with Gasteiger partial charge < -0.3 is 5.32 Å². The van der Waals surface area contributed by atoms with Crippen LogP contribution in [-0.2, 0) is 13.5 Å². The van der Waals surface area contributed by atoms with Crippen molar-refractivity contribution >= 4 is 5.82 Å². The Bertz CT molecular complexity index is 532. The monoisotopic (exact) mass is 245 g/mol. The summed E-state index contributed by atoms with van der Waals surface area (Å²) in [5.41, 5.74) is 2.20. The van der Waals surface area contributed by atoms with Crippen LogP contribution in [0, 0.1) is 6.92 Å². The van der Waals surface area contributed by atoms with Crippen LogP contribution in [0.5, 0.6) is 0 Å². The second kappa shape index (κ2) is 5.16. The highest BCUT2D eigenvalue weighted by atomic mass is 15.2. The summed E-state index contributed by atoms with van der Waals surface area (Å²) in [5.74, 6) is 1.67. The summed E-state index contributed by atoms with van der Waals surface area (Å²) in [4.78, 5) is 8.77. The van der Waals surface area contributed by atoms with E-state index < -0.39 is 0 Å². The third kappa shape index (κ3) is 2.85. The number of aromatic nitrogens is 4. The maximum Gasteiger partial charge on any atom is 0.130 e. The van der Waals surface area contributed by atoms with Gasteiger partial charge in [-0.1, -0.05) is 6.92 Å². The predicted molar refractivity (Wildman–Crippen MR) is 71.4 cm³/mol. The predicted octanol–water partition coefficient (Wildman–Crippen LogP) is 2.25. The summed E-state index contributed by atoms with van der Waals surface area (Å²) in [7, 11) is 1.92. The van der Waals surface area contributed by atoms with E-state index >= 15 is 0 Å². The first-order chi connectivity index (χ1) is 8.58. The third-order valence-electron chi connectivity index (χ3n) is 2.84. The van der Waals surface area contributed by atoms with Crippen LogP contribution in [0.15, 0.2) is 18.5 Å². The summed E-state index contributed by atoms with van der Waals surface area (Å²) < 4.78 is 1.80. The summed E-state index contributed by atoms with van der Waals surface area (Å²) >= 11 is 0. The molecular formula is C13H19N5. The molecule has 0 spiro atoms. The average molecular weight is 245 g/mol. The van der Waals surface area contributed by atoms with Crippen LogP contribution >= 0.6 is 0 Å². The van der Waals surface area contributed by atoms with Gasteiger partial charge in [0.15, 0.2) is 0 Å². The van der Waals surface area contributed by atoms with Crippen molar-refractivity contribution in [2.24, 2.45) is 7.05 Å². The fourth-order valence-corrected chi connectivity index (χ4v) is 1.85. The van der Waals surface area contributed by atoms with E-state index in [0.717, 1.165) is 29.3 Å². The molecule has 0 saturated heterocycles. The van der Waals surface area contributed by atoms with Crippen molar-refractivity contribution in [1.29, 1.82) is 0 Å². The fourth-order valence-electron chi connectivity index (χ4n) is 1.85. The molecule has 0 saturated carbocycles. The Hall–Kier alpha value is -1.91. The van der Waals surface area contributed by atoms with Gasteiger partial charge in [0, 0.05) is 30.6 Å². The summed E-state index contributed by atoms with van der Waals surface area (Å²) in [5, 5.41) is 7.56. The topological polar surface area (TPSA) is 55.6 Å². The molecule has 18 heavy (non-hydrogen) atoms. The number of nitrogens with zero attached hydrogens (tertiary/aromatic N) is 4. The van der Waals surface area contributed by atoms with Crippen molar-refractivity contribution < 1.29 is 0 Å². The first kappa shape index (κ1) is 12.5. The van der Waals surface area contributed by atoms with Crippen molar-refractivity contribution in [1.82, 2.24) is 19.7 Å². The lowest BCUT2D eigenvalue weighted by Crippen LogP contribution is -2.09. The van der Waals surface area contributed by atoms with Crippen molar-refractivity contribution in [2.45, 2.75) is 33.2 Å². The van der Waals surface area contributed by atoms with Crippen molar-refractivity contribution in [2.75, 3.05) is 5.32 Å². The van der Waals surface area contributed by atoms with Crippen molar-refractivity contribution in [3.05, 3.63) is 35.5 Å². The third-order valence-corrected chi connectivity index (χ3v) is 2.84. The van der Waals surface area contributed by atoms with E-state index in [2.05, 4.69) is 34.2 Å². The Balaban J connectivity index is 2.16. The van der Waals surface area contributed by atoms with Gasteiger partial charge >= 0.3 is 0 Å². The minimum absolute atomic E-state index is 0.178. The van der Waals surface area contributed by atoms with Gasteiger partial charge in [-0.2, -0.15) is 5.10 Å². The highest BCUT2D eigenvalue weighted by Crippen LogP contribution is 2.17. The van der Waals surface area contributed by atoms with E-state index in [4.69, 9.17) is 0 Å². The molecule has 0 radical (unpaired) electrons. The maximum absolute atomic E-state index is 4.40. The summed E-state index contributed by atoms with van der Waals surface area (Å²) in [6, 6.07) is 2.18. The Morgan fingerprint density at radius 3 is 2.78 bits per heavy atom. The lowest BCUT2D eigenvalue weighted by atomic mass is 10.2. The molecule has 2 aromatic rings. The number of hydrogen-bond acceptors (Lipinski definition) is 4. The van der Waals surface area contributed by atoms with Gasteiger partial charge in [-0.15, -0.1) is 0 Å². The molecule has 96 valence electrons. The molecule has 1 N–H and O–H groups in total. The molecule has 2 rings (SSSR count). The van der Waals surface area contributed by atoms with Crippen molar-refractivity contribution in [3.63, 3.8) is 0 Å². The van der Waals surface area contributed by atoms with E-state index in [0.29, 0.717) is 0 Å². The molecule has 0 aromatic carbocycles. The zero-order valence-electron chi connectivity index (χ0n) is 11.3. The summed E-state index contributed by atoms with van der Waals surface area (Å²) in [6.07, 6.45) is 4.79. The quantitative estimate of drug-likeness (QED) is 0.897. The van der Waals surface area contributed by atoms with E-state index in [-0.39, 0.29) is 6.04 Å². The minimum Gasteiger partial charge on any atom is -0.363 e. The number of hydrogen-bond donors (Lipinski definition) is 1. The zero-order valence-corrected chi connectivity index (χ0v) is 11.3. The van der Waals surface area contributed by atoms with Crippen LogP contribution in [0.2, 0.25) is 0 Å². The van der Waals surface area contributed by atoms with Crippen LogP contribution in [0.4, 0.5) is 5.82 Å². The first-order valence-corrected chi connectivity index (χ1v) is 6.18. The molecule has 2 heterocycles. The van der Waals surface area contributed by atoms with Gasteiger partial charge in [-0.3, -0.25) is 4.68 Å². The van der Waals surface area contributed by atoms with Crippen LogP contribution in [0.3, 0.4) is 0 Å². The normalized spacial score (nSPS) is 12.4. The van der Waals surface area contributed by atoms with Gasteiger partial charge in [-0.05, 0) is 20.3 Å². The highest BCUT2D eigenvalue weighted by molar-refractivity contribution is 5.38. The summed E-state index contributed by atoms with van der Waals surface area (Å²) in [6.45, 7) is 6.11. The molecule has 2 aromatic heterocycles. The van der Waals surface area contributed by atoms with E-state index in [1.54, 1.807) is 4.68 Å². The standard InChI is InChI=1S/C13H19N5/c1-5-12-6-13(17-10(3)16-12)15-9(2)11-7-14-18(4)8-11/h6-9H,5H2,1-4H3,(H,15,16,17). The molecule has 1 unspecified atom stereocenters. The molecule has 0 aliphatic carbocycles. The van der Waals surface area contributed by atoms with Crippen LogP contribution < -0.4 is 5.32 Å². The molecule has 1 atom stereocenters. The minimum atomic E-state index is 0.178. The Morgan fingerprint density at radius 2 is 2.17 bits per heavy atom. The highest BCUT2D eigenvalue weighted by Gasteiger charge is 2.09. The van der Waals surface area contributed by atoms with Crippen LogP contribution in [0.1, 0.15) is 37.0 Å². The van der Waals surface area contributed by atoms with Gasteiger partial charge in [0.2, 0.25) is 0 Å². The average Bonchev–Trinajstić information content (AvgIpc) is 2.75. The molecule has 0 amide bonds. The van der Waals surface area contributed by atoms with Gasteiger partial charge in [0.05, 0.1) is 12.2 Å². The van der Waals surface area contributed by atoms with E-state index in [1.807, 2.05) is 32.4 Å². The zero-order chi connectivity index (χ0) is 13.1. The molecule has 0 aliphatic heterocycles. The SMILES string of the molecule is CCc1cc(NC(C)c2cnn(C)c2)nc(C)n1. The number of anilines is 1. The molecule has 0 bridgehead atoms.